The van der Waals surface area contributed by atoms with Gasteiger partial charge in [0.1, 0.15) is 4.38 Å². The molecule has 2 rings (SSSR count). The number of hydrogen-bond donors (Lipinski definition) is 2. The van der Waals surface area contributed by atoms with Crippen molar-refractivity contribution >= 4 is 37.4 Å². The van der Waals surface area contributed by atoms with Gasteiger partial charge in [0.05, 0.1) is 12.7 Å². The second kappa shape index (κ2) is 6.99. The number of nitrogens with zero attached hydrogens (tertiary/aromatic N) is 2. The minimum Gasteiger partial charge on any atom is -0.351 e. The van der Waals surface area contributed by atoms with Crippen LogP contribution in [-0.4, -0.2) is 46.0 Å². The van der Waals surface area contributed by atoms with Gasteiger partial charge in [0.2, 0.25) is 0 Å². The summed E-state index contributed by atoms with van der Waals surface area (Å²) in [5, 5.41) is 11.8. The van der Waals surface area contributed by atoms with Crippen LogP contribution in [-0.2, 0) is 9.78 Å². The van der Waals surface area contributed by atoms with Crippen LogP contribution in [0.2, 0.25) is 0 Å². The lowest BCUT2D eigenvalue weighted by molar-refractivity contribution is -0.345. The molecule has 0 spiro atoms. The lowest BCUT2D eigenvalue weighted by atomic mass is 10.1. The number of carbonyl (C=O) groups excluding carboxylic acids is 1. The van der Waals surface area contributed by atoms with Gasteiger partial charge in [-0.1, -0.05) is 18.7 Å². The smallest absolute Gasteiger partial charge is 0.318 e. The van der Waals surface area contributed by atoms with Gasteiger partial charge in [-0.2, -0.15) is 0 Å². The number of amidine groups is 1. The van der Waals surface area contributed by atoms with E-state index in [4.69, 9.17) is 15.5 Å². The quantitative estimate of drug-likeness (QED) is 0.771. The Morgan fingerprint density at radius 3 is 2.95 bits per heavy atom. The summed E-state index contributed by atoms with van der Waals surface area (Å²) in [7, 11) is -1.38. The lowest BCUT2D eigenvalue weighted by Gasteiger charge is -2.30. The minimum absolute atomic E-state index is 0.144. The van der Waals surface area contributed by atoms with Crippen LogP contribution < -0.4 is 11.1 Å². The monoisotopic (exact) mass is 334 g/mol. The molecule has 21 heavy (non-hydrogen) atoms. The molecule has 2 heterocycles. The zero-order valence-corrected chi connectivity index (χ0v) is 14.1. The highest BCUT2D eigenvalue weighted by Gasteiger charge is 2.34. The molecule has 0 aliphatic carbocycles. The van der Waals surface area contributed by atoms with Crippen molar-refractivity contribution in [3.63, 3.8) is 0 Å². The average Bonchev–Trinajstić information content (AvgIpc) is 2.66. The van der Waals surface area contributed by atoms with Crippen LogP contribution in [0.5, 0.6) is 0 Å². The van der Waals surface area contributed by atoms with Crippen molar-refractivity contribution in [2.45, 2.75) is 37.5 Å². The standard InChI is InChI=1S/C12H22N4O3S2/c1-8(7-9-5-4-6-18-19-9)20-12-16-15-11(14-10(13)17)21(12,2)3/h8-9H,4-7H2,1-3H3,(H3,13,14,15,17). The zero-order chi connectivity index (χ0) is 15.5. The third-order valence-electron chi connectivity index (χ3n) is 3.23. The van der Waals surface area contributed by atoms with Gasteiger partial charge in [0.15, 0.2) is 5.17 Å². The first-order chi connectivity index (χ1) is 9.89. The number of nitrogens with two attached hydrogens (primary N) is 1. The van der Waals surface area contributed by atoms with E-state index in [2.05, 4.69) is 22.4 Å². The molecule has 0 radical (unpaired) electrons. The van der Waals surface area contributed by atoms with Crippen LogP contribution in [0.4, 0.5) is 4.79 Å². The topological polar surface area (TPSA) is 98.3 Å². The number of rotatable bonds is 3. The zero-order valence-electron chi connectivity index (χ0n) is 12.5. The first-order valence-electron chi connectivity index (χ1n) is 6.80. The minimum atomic E-state index is -1.38. The number of carbonyl (C=O) groups is 1. The Hall–Kier alpha value is -0.770. The second-order valence-corrected chi connectivity index (χ2v) is 10.5. The van der Waals surface area contributed by atoms with Crippen LogP contribution in [0, 0.1) is 0 Å². The summed E-state index contributed by atoms with van der Waals surface area (Å²) in [4.78, 5) is 21.3. The Labute approximate surface area is 130 Å². The van der Waals surface area contributed by atoms with Gasteiger partial charge in [-0.15, -0.1) is 20.2 Å². The Balaban J connectivity index is 1.87. The van der Waals surface area contributed by atoms with Gasteiger partial charge in [0, 0.05) is 5.25 Å². The maximum atomic E-state index is 11.0. The van der Waals surface area contributed by atoms with Crippen molar-refractivity contribution in [3.8, 4) is 0 Å². The molecule has 7 nitrogen and oxygen atoms in total. The maximum Gasteiger partial charge on any atom is 0.318 e. The molecule has 0 aromatic heterocycles. The SMILES string of the molecule is CC(CC1CCCOO1)SC1=NN=C(NC(N)=O)S1(C)C. The van der Waals surface area contributed by atoms with Crippen LogP contribution in [0.1, 0.15) is 26.2 Å². The maximum absolute atomic E-state index is 11.0. The van der Waals surface area contributed by atoms with Crippen molar-refractivity contribution in [2.75, 3.05) is 19.1 Å². The Morgan fingerprint density at radius 2 is 2.33 bits per heavy atom. The summed E-state index contributed by atoms with van der Waals surface area (Å²) in [5.74, 6) is 0. The average molecular weight is 334 g/mol. The molecule has 120 valence electrons. The van der Waals surface area contributed by atoms with E-state index >= 15 is 0 Å². The molecule has 2 aliphatic rings. The molecule has 0 aromatic carbocycles. The molecular formula is C12H22N4O3S2. The molecule has 0 bridgehead atoms. The summed E-state index contributed by atoms with van der Waals surface area (Å²) in [6, 6.07) is -0.600. The van der Waals surface area contributed by atoms with E-state index < -0.39 is 16.1 Å². The van der Waals surface area contributed by atoms with Gasteiger partial charge in [0.25, 0.3) is 0 Å². The van der Waals surface area contributed by atoms with E-state index in [-0.39, 0.29) is 6.10 Å². The van der Waals surface area contributed by atoms with Crippen molar-refractivity contribution in [2.24, 2.45) is 15.9 Å². The third kappa shape index (κ3) is 4.35. The first-order valence-corrected chi connectivity index (χ1v) is 10.1. The number of urea groups is 1. The lowest BCUT2D eigenvalue weighted by Crippen LogP contribution is -2.37. The van der Waals surface area contributed by atoms with Gasteiger partial charge >= 0.3 is 6.03 Å². The molecule has 1 fully saturated rings. The van der Waals surface area contributed by atoms with Crippen LogP contribution in [0.25, 0.3) is 0 Å². The summed E-state index contributed by atoms with van der Waals surface area (Å²) in [6.45, 7) is 2.82. The van der Waals surface area contributed by atoms with Crippen molar-refractivity contribution in [1.29, 1.82) is 0 Å². The first kappa shape index (κ1) is 16.6. The van der Waals surface area contributed by atoms with Crippen molar-refractivity contribution in [1.82, 2.24) is 5.32 Å². The van der Waals surface area contributed by atoms with Gasteiger partial charge in [-0.05, 0) is 31.8 Å². The molecule has 2 atom stereocenters. The Morgan fingerprint density at radius 1 is 1.57 bits per heavy atom. The number of primary amides is 1. The van der Waals surface area contributed by atoms with Crippen LogP contribution >= 0.6 is 21.8 Å². The molecule has 0 saturated carbocycles. The molecular weight excluding hydrogens is 312 g/mol. The van der Waals surface area contributed by atoms with Crippen LogP contribution in [0.15, 0.2) is 10.2 Å². The summed E-state index contributed by atoms with van der Waals surface area (Å²) >= 11 is 1.68. The Bertz CT molecular complexity index is 461. The van der Waals surface area contributed by atoms with Crippen LogP contribution in [0.3, 0.4) is 0 Å². The largest absolute Gasteiger partial charge is 0.351 e. The Kier molecular flexibility index (Phi) is 5.53. The fraction of sp³-hybridized carbons (Fsp3) is 0.750. The summed E-state index contributed by atoms with van der Waals surface area (Å²) in [6.07, 6.45) is 7.21. The molecule has 2 aliphatic heterocycles. The highest BCUT2D eigenvalue weighted by Crippen LogP contribution is 2.51. The predicted molar refractivity (Wildman–Crippen MR) is 88.8 cm³/mol. The molecule has 9 heteroatoms. The number of nitrogens with one attached hydrogen (secondary N) is 1. The fourth-order valence-electron chi connectivity index (χ4n) is 2.08. The van der Waals surface area contributed by atoms with Gasteiger partial charge in [-0.3, -0.25) is 5.32 Å². The summed E-state index contributed by atoms with van der Waals surface area (Å²) < 4.78 is 0.954. The number of amides is 2. The van der Waals surface area contributed by atoms with Gasteiger partial charge < -0.3 is 5.73 Å². The molecule has 1 saturated heterocycles. The highest BCUT2D eigenvalue weighted by molar-refractivity contribution is 8.65. The number of hydrogen-bond acceptors (Lipinski definition) is 6. The summed E-state index contributed by atoms with van der Waals surface area (Å²) in [5.41, 5.74) is 5.16. The van der Waals surface area contributed by atoms with E-state index in [0.717, 1.165) is 23.6 Å². The number of thioether (sulfide) groups is 1. The molecule has 2 amide bonds. The van der Waals surface area contributed by atoms with Crippen molar-refractivity contribution < 1.29 is 14.6 Å². The normalized spacial score (nSPS) is 27.5. The van der Waals surface area contributed by atoms with E-state index in [1.807, 2.05) is 12.5 Å². The molecule has 3 N–H and O–H groups in total. The molecule has 2 unspecified atom stereocenters. The van der Waals surface area contributed by atoms with E-state index in [0.29, 0.717) is 17.0 Å². The second-order valence-electron chi connectivity index (χ2n) is 5.43. The van der Waals surface area contributed by atoms with E-state index in [9.17, 15) is 4.79 Å². The molecule has 0 aromatic rings. The fourth-order valence-corrected chi connectivity index (χ4v) is 5.53. The van der Waals surface area contributed by atoms with E-state index in [1.54, 1.807) is 11.8 Å². The third-order valence-corrected chi connectivity index (χ3v) is 7.75. The van der Waals surface area contributed by atoms with Gasteiger partial charge in [-0.25, -0.2) is 14.6 Å². The highest BCUT2D eigenvalue weighted by atomic mass is 32.3. The van der Waals surface area contributed by atoms with E-state index in [1.165, 1.54) is 0 Å². The predicted octanol–water partition coefficient (Wildman–Crippen LogP) is 1.98. The van der Waals surface area contributed by atoms with Crippen molar-refractivity contribution in [3.05, 3.63) is 0 Å².